The molecule has 0 unspecified atom stereocenters. The predicted octanol–water partition coefficient (Wildman–Crippen LogP) is 6.22. The fourth-order valence-corrected chi connectivity index (χ4v) is 4.58. The average Bonchev–Trinajstić information content (AvgIpc) is 3.61. The summed E-state index contributed by atoms with van der Waals surface area (Å²) in [5.74, 6) is 1.46. The molecular formula is C26H19F3N2O4. The Bertz CT molecular complexity index is 1430. The molecule has 1 atom stereocenters. The highest BCUT2D eigenvalue weighted by Gasteiger charge is 2.35. The van der Waals surface area contributed by atoms with Crippen LogP contribution in [-0.2, 0) is 6.18 Å². The summed E-state index contributed by atoms with van der Waals surface area (Å²) in [6.45, 7) is 0.712. The first kappa shape index (κ1) is 21.5. The van der Waals surface area contributed by atoms with Crippen LogP contribution in [0.4, 0.5) is 13.2 Å². The number of carbonyl (C=O) groups is 1. The number of likely N-dealkylation sites (tertiary alicyclic amines) is 1. The zero-order valence-electron chi connectivity index (χ0n) is 18.3. The zero-order chi connectivity index (χ0) is 24.2. The maximum atomic E-state index is 13.3. The fourth-order valence-electron chi connectivity index (χ4n) is 4.58. The van der Waals surface area contributed by atoms with Crippen LogP contribution in [0, 0.1) is 0 Å². The first-order chi connectivity index (χ1) is 16.9. The highest BCUT2D eigenvalue weighted by Crippen LogP contribution is 2.38. The van der Waals surface area contributed by atoms with Crippen molar-refractivity contribution in [3.8, 4) is 22.6 Å². The van der Waals surface area contributed by atoms with Crippen LogP contribution < -0.4 is 9.47 Å². The highest BCUT2D eigenvalue weighted by molar-refractivity contribution is 5.95. The Morgan fingerprint density at radius 2 is 1.71 bits per heavy atom. The second-order valence-corrected chi connectivity index (χ2v) is 8.53. The number of amides is 1. The van der Waals surface area contributed by atoms with Gasteiger partial charge in [0, 0.05) is 12.1 Å². The van der Waals surface area contributed by atoms with Crippen molar-refractivity contribution in [3.63, 3.8) is 0 Å². The van der Waals surface area contributed by atoms with Gasteiger partial charge in [0.1, 0.15) is 11.6 Å². The minimum atomic E-state index is -4.38. The van der Waals surface area contributed by atoms with Gasteiger partial charge < -0.3 is 18.8 Å². The Morgan fingerprint density at radius 1 is 0.943 bits per heavy atom. The molecule has 1 aromatic heterocycles. The number of rotatable bonds is 3. The maximum Gasteiger partial charge on any atom is 0.416 e. The quantitative estimate of drug-likeness (QED) is 0.348. The van der Waals surface area contributed by atoms with E-state index in [1.165, 1.54) is 12.1 Å². The molecule has 35 heavy (non-hydrogen) atoms. The van der Waals surface area contributed by atoms with Gasteiger partial charge in [-0.1, -0.05) is 18.2 Å². The van der Waals surface area contributed by atoms with Crippen LogP contribution in [0.25, 0.3) is 22.2 Å². The summed E-state index contributed by atoms with van der Waals surface area (Å²) >= 11 is 0. The van der Waals surface area contributed by atoms with Gasteiger partial charge in [-0.05, 0) is 66.4 Å². The number of ether oxygens (including phenoxy) is 2. The van der Waals surface area contributed by atoms with Gasteiger partial charge in [-0.3, -0.25) is 4.79 Å². The predicted molar refractivity (Wildman–Crippen MR) is 120 cm³/mol. The van der Waals surface area contributed by atoms with Gasteiger partial charge in [0.25, 0.3) is 5.91 Å². The van der Waals surface area contributed by atoms with E-state index in [1.54, 1.807) is 41.3 Å². The van der Waals surface area contributed by atoms with Crippen molar-refractivity contribution in [1.29, 1.82) is 0 Å². The van der Waals surface area contributed by atoms with E-state index in [0.29, 0.717) is 46.2 Å². The second-order valence-electron chi connectivity index (χ2n) is 8.53. The van der Waals surface area contributed by atoms with E-state index < -0.39 is 11.7 Å². The smallest absolute Gasteiger partial charge is 0.416 e. The number of halogens is 3. The number of alkyl halides is 3. The molecule has 1 saturated heterocycles. The number of carbonyl (C=O) groups excluding carboxylic acids is 1. The van der Waals surface area contributed by atoms with Crippen LogP contribution >= 0.6 is 0 Å². The molecule has 0 N–H and O–H groups in total. The Morgan fingerprint density at radius 3 is 2.51 bits per heavy atom. The van der Waals surface area contributed by atoms with E-state index in [9.17, 15) is 18.0 Å². The van der Waals surface area contributed by atoms with Crippen LogP contribution in [0.15, 0.2) is 65.1 Å². The molecule has 2 aliphatic heterocycles. The Hall–Kier alpha value is -4.01. The summed E-state index contributed by atoms with van der Waals surface area (Å²) < 4.78 is 55.3. The van der Waals surface area contributed by atoms with Crippen molar-refractivity contribution < 1.29 is 31.9 Å². The van der Waals surface area contributed by atoms with E-state index in [0.717, 1.165) is 30.5 Å². The Labute approximate surface area is 197 Å². The lowest BCUT2D eigenvalue weighted by Crippen LogP contribution is -2.30. The number of benzene rings is 3. The van der Waals surface area contributed by atoms with Crippen LogP contribution in [0.5, 0.6) is 11.5 Å². The largest absolute Gasteiger partial charge is 0.454 e. The van der Waals surface area contributed by atoms with Gasteiger partial charge in [-0.15, -0.1) is 0 Å². The molecule has 1 fully saturated rings. The molecular weight excluding hydrogens is 461 g/mol. The van der Waals surface area contributed by atoms with Crippen molar-refractivity contribution >= 4 is 17.0 Å². The van der Waals surface area contributed by atoms with Crippen LogP contribution in [-0.4, -0.2) is 29.1 Å². The topological polar surface area (TPSA) is 64.8 Å². The summed E-state index contributed by atoms with van der Waals surface area (Å²) in [7, 11) is 0. The van der Waals surface area contributed by atoms with Crippen LogP contribution in [0.3, 0.4) is 0 Å². The number of oxazole rings is 1. The monoisotopic (exact) mass is 480 g/mol. The van der Waals surface area contributed by atoms with Gasteiger partial charge in [0.05, 0.1) is 5.56 Å². The summed E-state index contributed by atoms with van der Waals surface area (Å²) in [4.78, 5) is 19.6. The zero-order valence-corrected chi connectivity index (χ0v) is 18.3. The SMILES string of the molecule is O=C(c1ccc2c(c1)OCO2)N1CCC[C@@H]1c1nc2cc(-c3ccc(C(F)(F)F)cc3)ccc2o1. The molecule has 2 aliphatic rings. The number of hydrogen-bond donors (Lipinski definition) is 0. The normalized spacial score (nSPS) is 17.3. The third kappa shape index (κ3) is 3.86. The molecule has 4 aromatic rings. The number of hydrogen-bond acceptors (Lipinski definition) is 5. The van der Waals surface area contributed by atoms with Gasteiger partial charge in [0.2, 0.25) is 12.7 Å². The van der Waals surface area contributed by atoms with Gasteiger partial charge >= 0.3 is 6.18 Å². The molecule has 3 heterocycles. The standard InChI is InChI=1S/C26H19F3N2O4/c27-26(28,29)18-7-3-15(4-8-18)16-5-9-21-19(12-16)30-24(35-21)20-2-1-11-31(20)25(32)17-6-10-22-23(13-17)34-14-33-22/h3-10,12-13,20H,1-2,11,14H2/t20-/m1/s1. The lowest BCUT2D eigenvalue weighted by atomic mass is 10.0. The molecule has 3 aromatic carbocycles. The van der Waals surface area contributed by atoms with Crippen molar-refractivity contribution in [2.24, 2.45) is 0 Å². The Balaban J connectivity index is 1.27. The fraction of sp³-hybridized carbons (Fsp3) is 0.231. The molecule has 1 amide bonds. The molecule has 0 radical (unpaired) electrons. The molecule has 0 spiro atoms. The molecule has 0 saturated carbocycles. The third-order valence-corrected chi connectivity index (χ3v) is 6.37. The lowest BCUT2D eigenvalue weighted by molar-refractivity contribution is -0.137. The number of nitrogens with zero attached hydrogens (tertiary/aromatic N) is 2. The second kappa shape index (κ2) is 8.04. The number of fused-ring (bicyclic) bond motifs is 2. The molecule has 0 bridgehead atoms. The van der Waals surface area contributed by atoms with E-state index >= 15 is 0 Å². The van der Waals surface area contributed by atoms with E-state index in [1.807, 2.05) is 0 Å². The van der Waals surface area contributed by atoms with Gasteiger partial charge in [-0.2, -0.15) is 13.2 Å². The van der Waals surface area contributed by atoms with Crippen molar-refractivity contribution in [2.75, 3.05) is 13.3 Å². The maximum absolute atomic E-state index is 13.3. The molecule has 178 valence electrons. The third-order valence-electron chi connectivity index (χ3n) is 6.37. The summed E-state index contributed by atoms with van der Waals surface area (Å²) in [5, 5.41) is 0. The average molecular weight is 480 g/mol. The van der Waals surface area contributed by atoms with Gasteiger partial charge in [-0.25, -0.2) is 4.98 Å². The lowest BCUT2D eigenvalue weighted by Gasteiger charge is -2.22. The number of aromatic nitrogens is 1. The molecule has 0 aliphatic carbocycles. The van der Waals surface area contributed by atoms with Gasteiger partial charge in [0.15, 0.2) is 17.1 Å². The minimum absolute atomic E-state index is 0.136. The van der Waals surface area contributed by atoms with Crippen LogP contribution in [0.1, 0.15) is 40.7 Å². The van der Waals surface area contributed by atoms with Crippen molar-refractivity contribution in [2.45, 2.75) is 25.1 Å². The summed E-state index contributed by atoms with van der Waals surface area (Å²) in [6, 6.07) is 15.1. The van der Waals surface area contributed by atoms with E-state index in [-0.39, 0.29) is 18.7 Å². The summed E-state index contributed by atoms with van der Waals surface area (Å²) in [6.07, 6.45) is -2.85. The first-order valence-electron chi connectivity index (χ1n) is 11.2. The molecule has 6 nitrogen and oxygen atoms in total. The molecule has 6 rings (SSSR count). The van der Waals surface area contributed by atoms with E-state index in [2.05, 4.69) is 4.98 Å². The molecule has 9 heteroatoms. The Kier molecular flexibility index (Phi) is 4.94. The summed E-state index contributed by atoms with van der Waals surface area (Å²) in [5.41, 5.74) is 2.31. The minimum Gasteiger partial charge on any atom is -0.454 e. The highest BCUT2D eigenvalue weighted by atomic mass is 19.4. The van der Waals surface area contributed by atoms with Crippen LogP contribution in [0.2, 0.25) is 0 Å². The van der Waals surface area contributed by atoms with Crippen molar-refractivity contribution in [1.82, 2.24) is 9.88 Å². The van der Waals surface area contributed by atoms with E-state index in [4.69, 9.17) is 13.9 Å². The first-order valence-corrected chi connectivity index (χ1v) is 11.2. The van der Waals surface area contributed by atoms with Crippen molar-refractivity contribution in [3.05, 3.63) is 77.7 Å².